The van der Waals surface area contributed by atoms with E-state index in [-0.39, 0.29) is 35.5 Å². The average molecular weight is 356 g/mol. The van der Waals surface area contributed by atoms with E-state index in [1.54, 1.807) is 12.5 Å². The molecular weight excluding hydrogens is 336 g/mol. The quantitative estimate of drug-likeness (QED) is 0.720. The summed E-state index contributed by atoms with van der Waals surface area (Å²) in [6.45, 7) is 2.55. The molecule has 5 aliphatic rings. The maximum atomic E-state index is 13.2. The summed E-state index contributed by atoms with van der Waals surface area (Å²) in [5.41, 5.74) is 0.0333. The summed E-state index contributed by atoms with van der Waals surface area (Å²) in [5.74, 6) is -0.387. The number of cyclic esters (lactones) is 2. The van der Waals surface area contributed by atoms with Crippen LogP contribution in [0.2, 0.25) is 0 Å². The molecule has 26 heavy (non-hydrogen) atoms. The molecule has 1 aromatic heterocycles. The molecule has 6 unspecified atom stereocenters. The minimum absolute atomic E-state index is 0.0728. The second-order valence-electron chi connectivity index (χ2n) is 8.62. The first-order valence-corrected chi connectivity index (χ1v) is 9.29. The summed E-state index contributed by atoms with van der Waals surface area (Å²) in [4.78, 5) is 25.5. The Hall–Kier alpha value is -2.08. The van der Waals surface area contributed by atoms with Crippen LogP contribution >= 0.6 is 0 Å². The molecule has 0 N–H and O–H groups in total. The Kier molecular flexibility index (Phi) is 2.55. The van der Waals surface area contributed by atoms with Gasteiger partial charge in [0.15, 0.2) is 5.60 Å². The Balaban J connectivity index is 1.51. The van der Waals surface area contributed by atoms with Crippen molar-refractivity contribution >= 4 is 11.9 Å². The predicted octanol–water partition coefficient (Wildman–Crippen LogP) is 2.69. The summed E-state index contributed by atoms with van der Waals surface area (Å²) < 4.78 is 23.0. The van der Waals surface area contributed by atoms with Gasteiger partial charge in [0, 0.05) is 27.9 Å². The largest absolute Gasteiger partial charge is 0.472 e. The minimum Gasteiger partial charge on any atom is -0.472 e. The molecule has 4 heterocycles. The van der Waals surface area contributed by atoms with Crippen molar-refractivity contribution in [3.05, 3.63) is 35.8 Å². The molecule has 0 aromatic carbocycles. The van der Waals surface area contributed by atoms with Gasteiger partial charge in [-0.1, -0.05) is 13.0 Å². The maximum absolute atomic E-state index is 13.2. The van der Waals surface area contributed by atoms with E-state index in [0.29, 0.717) is 25.9 Å². The van der Waals surface area contributed by atoms with Crippen molar-refractivity contribution < 1.29 is 28.2 Å². The summed E-state index contributed by atoms with van der Waals surface area (Å²) in [7, 11) is 0. The van der Waals surface area contributed by atoms with Gasteiger partial charge in [0.25, 0.3) is 0 Å². The first kappa shape index (κ1) is 15.0. The SMILES string of the molecule is CC12CC(c3ccoc3)OC(=O)C13CCC14COC(=O)C1=CCC(O3)C42. The van der Waals surface area contributed by atoms with Crippen molar-refractivity contribution in [1.82, 2.24) is 0 Å². The fraction of sp³-hybridized carbons (Fsp3) is 0.600. The number of esters is 2. The Labute approximate surface area is 150 Å². The van der Waals surface area contributed by atoms with Gasteiger partial charge in [0.1, 0.15) is 12.7 Å². The molecule has 6 rings (SSSR count). The monoisotopic (exact) mass is 356 g/mol. The van der Waals surface area contributed by atoms with Crippen LogP contribution in [0.5, 0.6) is 0 Å². The van der Waals surface area contributed by atoms with Crippen LogP contribution in [0.25, 0.3) is 0 Å². The number of carbonyl (C=O) groups is 2. The van der Waals surface area contributed by atoms with Crippen LogP contribution < -0.4 is 0 Å². The van der Waals surface area contributed by atoms with E-state index in [4.69, 9.17) is 18.6 Å². The van der Waals surface area contributed by atoms with Gasteiger partial charge >= 0.3 is 11.9 Å². The molecule has 136 valence electrons. The lowest BCUT2D eigenvalue weighted by Crippen LogP contribution is -2.63. The third-order valence-corrected chi connectivity index (χ3v) is 7.73. The number of furan rings is 1. The second-order valence-corrected chi connectivity index (χ2v) is 8.62. The van der Waals surface area contributed by atoms with Crippen molar-refractivity contribution in [2.75, 3.05) is 6.61 Å². The Morgan fingerprint density at radius 3 is 2.92 bits per heavy atom. The van der Waals surface area contributed by atoms with Crippen LogP contribution in [-0.4, -0.2) is 30.3 Å². The van der Waals surface area contributed by atoms with Gasteiger partial charge in [0.05, 0.1) is 18.6 Å². The topological polar surface area (TPSA) is 75.0 Å². The molecule has 6 atom stereocenters. The number of rotatable bonds is 1. The molecule has 3 aliphatic heterocycles. The first-order chi connectivity index (χ1) is 12.5. The summed E-state index contributed by atoms with van der Waals surface area (Å²) in [6.07, 6.45) is 7.42. The molecule has 2 aliphatic carbocycles. The molecule has 4 fully saturated rings. The van der Waals surface area contributed by atoms with Crippen LogP contribution in [0.15, 0.2) is 34.7 Å². The second kappa shape index (κ2) is 4.42. The van der Waals surface area contributed by atoms with Crippen LogP contribution in [0.4, 0.5) is 0 Å². The molecule has 3 saturated heterocycles. The normalized spacial score (nSPS) is 48.3. The fourth-order valence-electron chi connectivity index (χ4n) is 6.68. The molecule has 1 aromatic rings. The molecule has 6 heteroatoms. The van der Waals surface area contributed by atoms with E-state index >= 15 is 0 Å². The van der Waals surface area contributed by atoms with Gasteiger partial charge in [-0.25, -0.2) is 9.59 Å². The number of ether oxygens (including phenoxy) is 3. The Morgan fingerprint density at radius 1 is 1.23 bits per heavy atom. The van der Waals surface area contributed by atoms with Gasteiger partial charge in [-0.15, -0.1) is 0 Å². The number of hydrogen-bond acceptors (Lipinski definition) is 6. The van der Waals surface area contributed by atoms with Crippen LogP contribution in [0.1, 0.15) is 44.3 Å². The van der Waals surface area contributed by atoms with Gasteiger partial charge in [-0.3, -0.25) is 0 Å². The minimum atomic E-state index is -0.914. The molecule has 0 radical (unpaired) electrons. The Morgan fingerprint density at radius 2 is 2.12 bits per heavy atom. The van der Waals surface area contributed by atoms with Gasteiger partial charge in [-0.2, -0.15) is 0 Å². The predicted molar refractivity (Wildman–Crippen MR) is 86.7 cm³/mol. The lowest BCUT2D eigenvalue weighted by atomic mass is 9.45. The van der Waals surface area contributed by atoms with Crippen molar-refractivity contribution in [3.63, 3.8) is 0 Å². The zero-order valence-corrected chi connectivity index (χ0v) is 14.5. The van der Waals surface area contributed by atoms with Gasteiger partial charge < -0.3 is 18.6 Å². The fourth-order valence-corrected chi connectivity index (χ4v) is 6.68. The third kappa shape index (κ3) is 1.43. The van der Waals surface area contributed by atoms with Gasteiger partial charge in [0.2, 0.25) is 0 Å². The lowest BCUT2D eigenvalue weighted by Gasteiger charge is -2.56. The molecule has 2 bridgehead atoms. The van der Waals surface area contributed by atoms with E-state index in [1.165, 1.54) is 0 Å². The molecule has 1 saturated carbocycles. The first-order valence-electron chi connectivity index (χ1n) is 9.29. The summed E-state index contributed by atoms with van der Waals surface area (Å²) in [5, 5.41) is 0. The van der Waals surface area contributed by atoms with Crippen LogP contribution in [-0.2, 0) is 23.8 Å². The summed E-state index contributed by atoms with van der Waals surface area (Å²) in [6, 6.07) is 1.84. The van der Waals surface area contributed by atoms with Crippen molar-refractivity contribution in [3.8, 4) is 0 Å². The number of hydrogen-bond donors (Lipinski definition) is 0. The highest BCUT2D eigenvalue weighted by atomic mass is 16.6. The molecule has 0 amide bonds. The molecule has 6 nitrogen and oxygen atoms in total. The highest BCUT2D eigenvalue weighted by Crippen LogP contribution is 2.73. The zero-order valence-electron chi connectivity index (χ0n) is 14.5. The Bertz CT molecular complexity index is 856. The van der Waals surface area contributed by atoms with Gasteiger partial charge in [-0.05, 0) is 31.7 Å². The lowest BCUT2D eigenvalue weighted by molar-refractivity contribution is -0.214. The standard InChI is InChI=1S/C20H20O6/c1-18-8-14(11-4-7-23-9-11)25-17(22)20(18)6-5-19-10-24-16(21)12(19)2-3-13(26-20)15(18)19/h2,4,7,9,13-15H,3,5-6,8,10H2,1H3. The van der Waals surface area contributed by atoms with Crippen molar-refractivity contribution in [1.29, 1.82) is 0 Å². The molecular formula is C20H20O6. The van der Waals surface area contributed by atoms with E-state index in [1.807, 2.05) is 12.1 Å². The van der Waals surface area contributed by atoms with Crippen molar-refractivity contribution in [2.24, 2.45) is 16.7 Å². The van der Waals surface area contributed by atoms with Crippen LogP contribution in [0, 0.1) is 16.7 Å². The third-order valence-electron chi connectivity index (χ3n) is 7.73. The van der Waals surface area contributed by atoms with E-state index in [0.717, 1.165) is 17.6 Å². The smallest absolute Gasteiger partial charge is 0.339 e. The average Bonchev–Trinajstić information content (AvgIpc) is 3.28. The molecule has 1 spiro atoms. The summed E-state index contributed by atoms with van der Waals surface area (Å²) >= 11 is 0. The number of carbonyl (C=O) groups excluding carboxylic acids is 2. The highest BCUT2D eigenvalue weighted by molar-refractivity contribution is 5.93. The van der Waals surface area contributed by atoms with Crippen molar-refractivity contribution in [2.45, 2.75) is 50.4 Å². The zero-order chi connectivity index (χ0) is 17.7. The van der Waals surface area contributed by atoms with E-state index in [2.05, 4.69) is 6.92 Å². The van der Waals surface area contributed by atoms with E-state index < -0.39 is 11.0 Å². The highest BCUT2D eigenvalue weighted by Gasteiger charge is 2.78. The van der Waals surface area contributed by atoms with E-state index in [9.17, 15) is 9.59 Å². The maximum Gasteiger partial charge on any atom is 0.339 e. The van der Waals surface area contributed by atoms with Crippen LogP contribution in [0.3, 0.4) is 0 Å².